The van der Waals surface area contributed by atoms with Gasteiger partial charge in [0.2, 0.25) is 11.0 Å². The highest BCUT2D eigenvalue weighted by molar-refractivity contribution is 7.89. The largest absolute Gasteiger partial charge is 0.443 e. The number of hydrogen-bond acceptors (Lipinski definition) is 4. The Morgan fingerprint density at radius 3 is 2.62 bits per heavy atom. The summed E-state index contributed by atoms with van der Waals surface area (Å²) in [6, 6.07) is 7.42. The van der Waals surface area contributed by atoms with Crippen molar-refractivity contribution in [3.05, 3.63) is 30.3 Å². The van der Waals surface area contributed by atoms with Gasteiger partial charge in [-0.25, -0.2) is 8.42 Å². The number of fused-ring (bicyclic) bond motifs is 1. The summed E-state index contributed by atoms with van der Waals surface area (Å²) < 4.78 is 32.3. The van der Waals surface area contributed by atoms with Gasteiger partial charge in [-0.2, -0.15) is 4.72 Å². The summed E-state index contributed by atoms with van der Waals surface area (Å²) in [7, 11) is -3.94. The number of para-hydroxylation sites is 1. The van der Waals surface area contributed by atoms with Crippen molar-refractivity contribution in [2.45, 2.75) is 31.4 Å². The molecular formula is C14H18N2O4S. The number of nitrogens with two attached hydrogens (primary N) is 1. The highest BCUT2D eigenvalue weighted by Gasteiger charge is 2.29. The highest BCUT2D eigenvalue weighted by Crippen LogP contribution is 2.23. The second-order valence-electron chi connectivity index (χ2n) is 4.99. The van der Waals surface area contributed by atoms with Gasteiger partial charge in [0.1, 0.15) is 11.6 Å². The maximum Gasteiger partial charge on any atom is 0.274 e. The van der Waals surface area contributed by atoms with Crippen LogP contribution in [0.5, 0.6) is 0 Å². The zero-order chi connectivity index (χ0) is 15.6. The van der Waals surface area contributed by atoms with Crippen LogP contribution in [-0.2, 0) is 14.8 Å². The molecule has 1 amide bonds. The Labute approximate surface area is 123 Å². The molecule has 2 aromatic rings. The van der Waals surface area contributed by atoms with E-state index in [-0.39, 0.29) is 11.0 Å². The van der Waals surface area contributed by atoms with Crippen LogP contribution in [0.1, 0.15) is 20.3 Å². The number of amides is 1. The molecule has 21 heavy (non-hydrogen) atoms. The van der Waals surface area contributed by atoms with Crippen LogP contribution in [0.4, 0.5) is 0 Å². The van der Waals surface area contributed by atoms with E-state index >= 15 is 0 Å². The molecule has 0 bridgehead atoms. The first-order chi connectivity index (χ1) is 9.85. The standard InChI is InChI=1S/C14H18N2O4S/c1-3-9(2)13(14(15)17)16-21(18,19)12-8-10-6-4-5-7-11(10)20-12/h4-9,13,16H,3H2,1-2H3,(H2,15,17)/t9-,13+/m1/s1. The number of carbonyl (C=O) groups excluding carboxylic acids is 1. The zero-order valence-corrected chi connectivity index (χ0v) is 12.7. The minimum atomic E-state index is -3.94. The Kier molecular flexibility index (Phi) is 4.34. The summed E-state index contributed by atoms with van der Waals surface area (Å²) in [5.74, 6) is -0.911. The van der Waals surface area contributed by atoms with Crippen molar-refractivity contribution < 1.29 is 17.6 Å². The number of carbonyl (C=O) groups is 1. The predicted octanol–water partition coefficient (Wildman–Crippen LogP) is 1.61. The van der Waals surface area contributed by atoms with E-state index in [1.807, 2.05) is 6.92 Å². The van der Waals surface area contributed by atoms with Crippen LogP contribution in [0.2, 0.25) is 0 Å². The number of benzene rings is 1. The van der Waals surface area contributed by atoms with E-state index in [1.165, 1.54) is 6.07 Å². The van der Waals surface area contributed by atoms with Gasteiger partial charge in [-0.05, 0) is 12.0 Å². The third kappa shape index (κ3) is 3.25. The predicted molar refractivity (Wildman–Crippen MR) is 79.0 cm³/mol. The summed E-state index contributed by atoms with van der Waals surface area (Å²) in [5, 5.41) is 0.454. The lowest BCUT2D eigenvalue weighted by Crippen LogP contribution is -2.48. The SMILES string of the molecule is CC[C@@H](C)[C@H](NS(=O)(=O)c1cc2ccccc2o1)C(N)=O. The van der Waals surface area contributed by atoms with Gasteiger partial charge in [-0.1, -0.05) is 38.5 Å². The molecule has 0 aliphatic rings. The molecule has 0 spiro atoms. The number of furan rings is 1. The molecule has 1 aromatic carbocycles. The molecule has 6 nitrogen and oxygen atoms in total. The molecule has 2 atom stereocenters. The summed E-state index contributed by atoms with van der Waals surface area (Å²) in [6.07, 6.45) is 0.621. The van der Waals surface area contributed by atoms with Crippen LogP contribution in [0.25, 0.3) is 11.0 Å². The van der Waals surface area contributed by atoms with E-state index in [1.54, 1.807) is 31.2 Å². The summed E-state index contributed by atoms with van der Waals surface area (Å²) >= 11 is 0. The van der Waals surface area contributed by atoms with E-state index in [0.717, 1.165) is 0 Å². The fraction of sp³-hybridized carbons (Fsp3) is 0.357. The molecule has 1 heterocycles. The van der Waals surface area contributed by atoms with E-state index in [9.17, 15) is 13.2 Å². The molecule has 1 aromatic heterocycles. The van der Waals surface area contributed by atoms with Crippen molar-refractivity contribution >= 4 is 26.9 Å². The Morgan fingerprint density at radius 1 is 1.38 bits per heavy atom. The highest BCUT2D eigenvalue weighted by atomic mass is 32.2. The lowest BCUT2D eigenvalue weighted by Gasteiger charge is -2.20. The van der Waals surface area contributed by atoms with Crippen LogP contribution in [0.15, 0.2) is 39.8 Å². The molecular weight excluding hydrogens is 292 g/mol. The van der Waals surface area contributed by atoms with Crippen molar-refractivity contribution in [2.75, 3.05) is 0 Å². The van der Waals surface area contributed by atoms with Gasteiger partial charge in [0.25, 0.3) is 10.0 Å². The Morgan fingerprint density at radius 2 is 2.05 bits per heavy atom. The van der Waals surface area contributed by atoms with Crippen LogP contribution < -0.4 is 10.5 Å². The maximum absolute atomic E-state index is 12.3. The van der Waals surface area contributed by atoms with Crippen molar-refractivity contribution in [1.29, 1.82) is 0 Å². The van der Waals surface area contributed by atoms with Crippen molar-refractivity contribution in [1.82, 2.24) is 4.72 Å². The number of hydrogen-bond donors (Lipinski definition) is 2. The topological polar surface area (TPSA) is 102 Å². The fourth-order valence-corrected chi connectivity index (χ4v) is 3.29. The second-order valence-corrected chi connectivity index (χ2v) is 6.64. The smallest absolute Gasteiger partial charge is 0.274 e. The Balaban J connectivity index is 2.34. The molecule has 114 valence electrons. The fourth-order valence-electron chi connectivity index (χ4n) is 2.01. The molecule has 0 aliphatic carbocycles. The lowest BCUT2D eigenvalue weighted by atomic mass is 10.00. The number of sulfonamides is 1. The number of primary amides is 1. The molecule has 7 heteroatoms. The molecule has 3 N–H and O–H groups in total. The van der Waals surface area contributed by atoms with Crippen molar-refractivity contribution in [3.8, 4) is 0 Å². The summed E-state index contributed by atoms with van der Waals surface area (Å²) in [4.78, 5) is 11.4. The maximum atomic E-state index is 12.3. The van der Waals surface area contributed by atoms with Gasteiger partial charge in [-0.15, -0.1) is 0 Å². The van der Waals surface area contributed by atoms with Gasteiger partial charge >= 0.3 is 0 Å². The molecule has 0 saturated carbocycles. The quantitative estimate of drug-likeness (QED) is 0.846. The van der Waals surface area contributed by atoms with Crippen LogP contribution >= 0.6 is 0 Å². The first kappa shape index (κ1) is 15.5. The van der Waals surface area contributed by atoms with E-state index in [2.05, 4.69) is 4.72 Å². The van der Waals surface area contributed by atoms with E-state index < -0.39 is 22.0 Å². The monoisotopic (exact) mass is 310 g/mol. The van der Waals surface area contributed by atoms with Gasteiger partial charge in [0, 0.05) is 11.5 Å². The summed E-state index contributed by atoms with van der Waals surface area (Å²) in [5.41, 5.74) is 5.75. The van der Waals surface area contributed by atoms with Gasteiger partial charge < -0.3 is 10.2 Å². The normalized spacial score (nSPS) is 15.0. The average Bonchev–Trinajstić information content (AvgIpc) is 2.88. The summed E-state index contributed by atoms with van der Waals surface area (Å²) in [6.45, 7) is 3.62. The first-order valence-corrected chi connectivity index (χ1v) is 8.13. The number of nitrogens with one attached hydrogen (secondary N) is 1. The van der Waals surface area contributed by atoms with Gasteiger partial charge in [-0.3, -0.25) is 4.79 Å². The van der Waals surface area contributed by atoms with Gasteiger partial charge in [0.05, 0.1) is 0 Å². The van der Waals surface area contributed by atoms with Crippen molar-refractivity contribution in [3.63, 3.8) is 0 Å². The molecule has 0 radical (unpaired) electrons. The second kappa shape index (κ2) is 5.87. The molecule has 0 aliphatic heterocycles. The third-order valence-corrected chi connectivity index (χ3v) is 4.76. The Hall–Kier alpha value is -1.86. The third-order valence-electron chi connectivity index (χ3n) is 3.47. The van der Waals surface area contributed by atoms with Gasteiger partial charge in [0.15, 0.2) is 0 Å². The Bertz CT molecular complexity index is 718. The van der Waals surface area contributed by atoms with Crippen LogP contribution in [-0.4, -0.2) is 20.4 Å². The van der Waals surface area contributed by atoms with E-state index in [0.29, 0.717) is 17.4 Å². The van der Waals surface area contributed by atoms with Crippen LogP contribution in [0, 0.1) is 5.92 Å². The number of rotatable bonds is 6. The minimum Gasteiger partial charge on any atom is -0.443 e. The first-order valence-electron chi connectivity index (χ1n) is 6.65. The molecule has 0 fully saturated rings. The average molecular weight is 310 g/mol. The van der Waals surface area contributed by atoms with Crippen molar-refractivity contribution in [2.24, 2.45) is 11.7 Å². The zero-order valence-electron chi connectivity index (χ0n) is 11.9. The molecule has 2 rings (SSSR count). The lowest BCUT2D eigenvalue weighted by molar-refractivity contribution is -0.120. The molecule has 0 saturated heterocycles. The van der Waals surface area contributed by atoms with E-state index in [4.69, 9.17) is 10.2 Å². The molecule has 0 unspecified atom stereocenters. The van der Waals surface area contributed by atoms with Crippen LogP contribution in [0.3, 0.4) is 0 Å². The minimum absolute atomic E-state index is 0.207.